The molecule has 1 N–H and O–H groups in total. The fraction of sp³-hybridized carbons (Fsp3) is 0.312. The highest BCUT2D eigenvalue weighted by molar-refractivity contribution is 5.64. The van der Waals surface area contributed by atoms with Gasteiger partial charge in [0.25, 0.3) is 0 Å². The topological polar surface area (TPSA) is 28.2 Å². The van der Waals surface area contributed by atoms with Crippen molar-refractivity contribution in [3.8, 4) is 0 Å². The molecule has 1 aromatic heterocycles. The Balaban J connectivity index is 1.86. The highest BCUT2D eigenvalue weighted by Crippen LogP contribution is 2.29. The van der Waals surface area contributed by atoms with E-state index in [-0.39, 0.29) is 5.82 Å². The van der Waals surface area contributed by atoms with Gasteiger partial charge in [-0.15, -0.1) is 0 Å². The predicted molar refractivity (Wildman–Crippen MR) is 80.1 cm³/mol. The first-order valence-electron chi connectivity index (χ1n) is 7.02. The number of hydrogen-bond acceptors (Lipinski definition) is 3. The van der Waals surface area contributed by atoms with Gasteiger partial charge in [0.05, 0.1) is 0 Å². The molecule has 20 heavy (non-hydrogen) atoms. The zero-order valence-corrected chi connectivity index (χ0v) is 11.6. The number of aryl methyl sites for hydroxylation is 1. The second-order valence-electron chi connectivity index (χ2n) is 5.01. The van der Waals surface area contributed by atoms with Crippen LogP contribution in [0.25, 0.3) is 0 Å². The van der Waals surface area contributed by atoms with E-state index in [1.165, 1.54) is 29.8 Å². The first kappa shape index (κ1) is 12.9. The maximum absolute atomic E-state index is 12.9. The third-order valence-corrected chi connectivity index (χ3v) is 3.68. The lowest BCUT2D eigenvalue weighted by Gasteiger charge is -2.30. The summed E-state index contributed by atoms with van der Waals surface area (Å²) in [5.74, 6) is 0.571. The van der Waals surface area contributed by atoms with Crippen molar-refractivity contribution < 1.29 is 4.39 Å². The van der Waals surface area contributed by atoms with Crippen molar-refractivity contribution in [1.82, 2.24) is 4.98 Å². The van der Waals surface area contributed by atoms with Crippen LogP contribution in [0.1, 0.15) is 18.9 Å². The van der Waals surface area contributed by atoms with Crippen LogP contribution in [0.2, 0.25) is 0 Å². The highest BCUT2D eigenvalue weighted by atomic mass is 19.1. The summed E-state index contributed by atoms with van der Waals surface area (Å²) >= 11 is 0. The van der Waals surface area contributed by atoms with Crippen LogP contribution in [-0.2, 0) is 6.42 Å². The molecule has 1 aliphatic rings. The van der Waals surface area contributed by atoms with Gasteiger partial charge in [-0.1, -0.05) is 0 Å². The number of fused-ring (bicyclic) bond motifs is 1. The monoisotopic (exact) mass is 271 g/mol. The summed E-state index contributed by atoms with van der Waals surface area (Å²) in [7, 11) is 0. The normalized spacial score (nSPS) is 14.0. The summed E-state index contributed by atoms with van der Waals surface area (Å²) in [6, 6.07) is 8.40. The van der Waals surface area contributed by atoms with E-state index < -0.39 is 0 Å². The van der Waals surface area contributed by atoms with Crippen LogP contribution in [0.5, 0.6) is 0 Å². The molecule has 0 saturated carbocycles. The van der Waals surface area contributed by atoms with Gasteiger partial charge in [-0.2, -0.15) is 0 Å². The fourth-order valence-corrected chi connectivity index (χ4v) is 2.62. The molecule has 0 bridgehead atoms. The molecular formula is C16H18FN3. The molecule has 3 rings (SSSR count). The standard InChI is InChI=1S/C16H18FN3/c1-2-20-9-3-4-12-11-18-16(10-15(12)20)19-14-7-5-13(17)6-8-14/h5-8,10-11H,2-4,9H2,1H3,(H,18,19). The van der Waals surface area contributed by atoms with Crippen LogP contribution in [0.15, 0.2) is 36.5 Å². The molecule has 1 aromatic carbocycles. The van der Waals surface area contributed by atoms with E-state index in [9.17, 15) is 4.39 Å². The molecule has 1 aliphatic heterocycles. The van der Waals surface area contributed by atoms with Crippen molar-refractivity contribution in [2.24, 2.45) is 0 Å². The first-order valence-corrected chi connectivity index (χ1v) is 7.02. The van der Waals surface area contributed by atoms with E-state index >= 15 is 0 Å². The summed E-state index contributed by atoms with van der Waals surface area (Å²) in [5.41, 5.74) is 3.42. The minimum Gasteiger partial charge on any atom is -0.371 e. The Bertz CT molecular complexity index is 595. The van der Waals surface area contributed by atoms with Crippen molar-refractivity contribution in [3.63, 3.8) is 0 Å². The minimum absolute atomic E-state index is 0.230. The summed E-state index contributed by atoms with van der Waals surface area (Å²) in [6.07, 6.45) is 4.23. The van der Waals surface area contributed by atoms with Crippen LogP contribution in [0, 0.1) is 5.82 Å². The average molecular weight is 271 g/mol. The minimum atomic E-state index is -0.230. The number of rotatable bonds is 3. The van der Waals surface area contributed by atoms with Gasteiger partial charge in [0.1, 0.15) is 11.6 Å². The van der Waals surface area contributed by atoms with Crippen molar-refractivity contribution in [3.05, 3.63) is 47.9 Å². The van der Waals surface area contributed by atoms with E-state index in [1.807, 2.05) is 6.20 Å². The van der Waals surface area contributed by atoms with E-state index in [2.05, 4.69) is 28.2 Å². The fourth-order valence-electron chi connectivity index (χ4n) is 2.62. The van der Waals surface area contributed by atoms with E-state index in [0.717, 1.165) is 31.0 Å². The lowest BCUT2D eigenvalue weighted by atomic mass is 10.0. The molecule has 0 radical (unpaired) electrons. The molecule has 2 heterocycles. The van der Waals surface area contributed by atoms with Crippen molar-refractivity contribution in [2.75, 3.05) is 23.3 Å². The van der Waals surface area contributed by atoms with Crippen LogP contribution in [-0.4, -0.2) is 18.1 Å². The lowest BCUT2D eigenvalue weighted by Crippen LogP contribution is -2.29. The largest absolute Gasteiger partial charge is 0.371 e. The third kappa shape index (κ3) is 2.59. The van der Waals surface area contributed by atoms with E-state index in [4.69, 9.17) is 0 Å². The summed E-state index contributed by atoms with van der Waals surface area (Å²) in [5, 5.41) is 3.22. The number of hydrogen-bond donors (Lipinski definition) is 1. The molecule has 4 heteroatoms. The predicted octanol–water partition coefficient (Wildman–Crippen LogP) is 3.74. The maximum Gasteiger partial charge on any atom is 0.132 e. The van der Waals surface area contributed by atoms with Crippen LogP contribution < -0.4 is 10.2 Å². The summed E-state index contributed by atoms with van der Waals surface area (Å²) in [4.78, 5) is 6.82. The first-order chi connectivity index (χ1) is 9.76. The quantitative estimate of drug-likeness (QED) is 0.921. The maximum atomic E-state index is 12.9. The Morgan fingerprint density at radius 2 is 2.10 bits per heavy atom. The second kappa shape index (κ2) is 5.49. The second-order valence-corrected chi connectivity index (χ2v) is 5.01. The van der Waals surface area contributed by atoms with Gasteiger partial charge >= 0.3 is 0 Å². The Morgan fingerprint density at radius 3 is 2.85 bits per heavy atom. The number of pyridine rings is 1. The van der Waals surface area contributed by atoms with Gasteiger partial charge in [-0.05, 0) is 49.6 Å². The molecule has 0 aliphatic carbocycles. The Kier molecular flexibility index (Phi) is 3.54. The van der Waals surface area contributed by atoms with Gasteiger partial charge in [-0.25, -0.2) is 9.37 Å². The zero-order chi connectivity index (χ0) is 13.9. The van der Waals surface area contributed by atoms with Gasteiger partial charge in [0, 0.05) is 36.7 Å². The van der Waals surface area contributed by atoms with E-state index in [1.54, 1.807) is 12.1 Å². The van der Waals surface area contributed by atoms with Gasteiger partial charge in [-0.3, -0.25) is 0 Å². The SMILES string of the molecule is CCN1CCCc2cnc(Nc3ccc(F)cc3)cc21. The van der Waals surface area contributed by atoms with Crippen LogP contribution in [0.4, 0.5) is 21.6 Å². The Hall–Kier alpha value is -2.10. The molecule has 0 atom stereocenters. The van der Waals surface area contributed by atoms with Crippen LogP contribution in [0.3, 0.4) is 0 Å². The summed E-state index contributed by atoms with van der Waals surface area (Å²) in [6.45, 7) is 4.28. The molecule has 0 saturated heterocycles. The number of benzene rings is 1. The number of nitrogens with zero attached hydrogens (tertiary/aromatic N) is 2. The molecule has 0 unspecified atom stereocenters. The molecule has 0 fully saturated rings. The van der Waals surface area contributed by atoms with Gasteiger partial charge in [0.15, 0.2) is 0 Å². The number of nitrogens with one attached hydrogen (secondary N) is 1. The van der Waals surface area contributed by atoms with Crippen molar-refractivity contribution in [2.45, 2.75) is 19.8 Å². The number of anilines is 3. The zero-order valence-electron chi connectivity index (χ0n) is 11.6. The molecule has 2 aromatic rings. The number of aromatic nitrogens is 1. The van der Waals surface area contributed by atoms with Gasteiger partial charge in [0.2, 0.25) is 0 Å². The van der Waals surface area contributed by atoms with E-state index in [0.29, 0.717) is 0 Å². The lowest BCUT2D eigenvalue weighted by molar-refractivity contribution is 0.628. The van der Waals surface area contributed by atoms with Crippen LogP contribution >= 0.6 is 0 Å². The Morgan fingerprint density at radius 1 is 1.30 bits per heavy atom. The van der Waals surface area contributed by atoms with Crippen molar-refractivity contribution in [1.29, 1.82) is 0 Å². The smallest absolute Gasteiger partial charge is 0.132 e. The molecule has 104 valence electrons. The van der Waals surface area contributed by atoms with Crippen molar-refractivity contribution >= 4 is 17.2 Å². The van der Waals surface area contributed by atoms with Gasteiger partial charge < -0.3 is 10.2 Å². The Labute approximate surface area is 118 Å². The molecular weight excluding hydrogens is 253 g/mol. The highest BCUT2D eigenvalue weighted by Gasteiger charge is 2.16. The molecule has 0 amide bonds. The average Bonchev–Trinajstić information content (AvgIpc) is 2.49. The third-order valence-electron chi connectivity index (χ3n) is 3.68. The number of halogens is 1. The summed E-state index contributed by atoms with van der Waals surface area (Å²) < 4.78 is 12.9. The molecule has 3 nitrogen and oxygen atoms in total. The molecule has 0 spiro atoms.